The number of benzene rings is 1. The summed E-state index contributed by atoms with van der Waals surface area (Å²) < 4.78 is 41.9. The van der Waals surface area contributed by atoms with Crippen LogP contribution in [0.5, 0.6) is 0 Å². The van der Waals surface area contributed by atoms with E-state index in [0.29, 0.717) is 19.0 Å². The minimum absolute atomic E-state index is 0.279. The average Bonchev–Trinajstić information content (AvgIpc) is 2.42. The Bertz CT molecular complexity index is 394. The molecule has 1 rings (SSSR count). The van der Waals surface area contributed by atoms with Gasteiger partial charge in [0.05, 0.1) is 5.69 Å². The quantitative estimate of drug-likeness (QED) is 0.590. The summed E-state index contributed by atoms with van der Waals surface area (Å²) in [5.74, 6) is -1.19. The molecule has 1 N–H and O–H groups in total. The van der Waals surface area contributed by atoms with E-state index in [1.54, 1.807) is 21.3 Å². The maximum atomic E-state index is 13.3. The van der Waals surface area contributed by atoms with Crippen LogP contribution in [0.15, 0.2) is 18.2 Å². The van der Waals surface area contributed by atoms with Gasteiger partial charge in [0.2, 0.25) is 0 Å². The molecule has 0 radical (unpaired) electrons. The van der Waals surface area contributed by atoms with Gasteiger partial charge in [-0.05, 0) is 18.6 Å². The first-order valence-corrected chi connectivity index (χ1v) is 7.84. The van der Waals surface area contributed by atoms with Gasteiger partial charge in [-0.2, -0.15) is 0 Å². The maximum absolute atomic E-state index is 13.3. The Kier molecular flexibility index (Phi) is 6.36. The Labute approximate surface area is 113 Å². The fourth-order valence-electron chi connectivity index (χ4n) is 1.72. The lowest BCUT2D eigenvalue weighted by Crippen LogP contribution is -2.42. The smallest absolute Gasteiger partial charge is 0.383 e. The van der Waals surface area contributed by atoms with Crippen molar-refractivity contribution in [3.63, 3.8) is 0 Å². The summed E-state index contributed by atoms with van der Waals surface area (Å²) in [4.78, 5) is 0. The number of halogens is 2. The summed E-state index contributed by atoms with van der Waals surface area (Å²) in [6.07, 6.45) is 0.693. The van der Waals surface area contributed by atoms with Crippen molar-refractivity contribution in [1.29, 1.82) is 0 Å². The highest BCUT2D eigenvalue weighted by atomic mass is 28.4. The topological polar surface area (TPSA) is 39.7 Å². The Balaban J connectivity index is 2.42. The number of hydrogen-bond donors (Lipinski definition) is 1. The zero-order valence-electron chi connectivity index (χ0n) is 11.3. The summed E-state index contributed by atoms with van der Waals surface area (Å²) in [5, 5.41) is 2.90. The Morgan fingerprint density at radius 2 is 1.74 bits per heavy atom. The summed E-state index contributed by atoms with van der Waals surface area (Å²) in [6.45, 7) is 0.521. The van der Waals surface area contributed by atoms with E-state index in [1.165, 1.54) is 12.1 Å². The molecule has 0 saturated carbocycles. The molecule has 19 heavy (non-hydrogen) atoms. The van der Waals surface area contributed by atoms with Gasteiger partial charge in [-0.25, -0.2) is 8.78 Å². The van der Waals surface area contributed by atoms with E-state index in [2.05, 4.69) is 5.32 Å². The first-order chi connectivity index (χ1) is 9.06. The van der Waals surface area contributed by atoms with Gasteiger partial charge in [0.25, 0.3) is 0 Å². The Morgan fingerprint density at radius 3 is 2.26 bits per heavy atom. The highest BCUT2D eigenvalue weighted by molar-refractivity contribution is 6.60. The van der Waals surface area contributed by atoms with Crippen molar-refractivity contribution in [2.75, 3.05) is 33.2 Å². The molecule has 0 fully saturated rings. The lowest BCUT2D eigenvalue weighted by Gasteiger charge is -2.24. The molecule has 7 heteroatoms. The number of rotatable bonds is 8. The average molecular weight is 291 g/mol. The summed E-state index contributed by atoms with van der Waals surface area (Å²) in [7, 11) is 2.07. The Morgan fingerprint density at radius 1 is 1.11 bits per heavy atom. The van der Waals surface area contributed by atoms with E-state index in [9.17, 15) is 8.78 Å². The fourth-order valence-corrected chi connectivity index (χ4v) is 3.44. The van der Waals surface area contributed by atoms with E-state index in [-0.39, 0.29) is 5.69 Å². The summed E-state index contributed by atoms with van der Waals surface area (Å²) in [6, 6.07) is 4.05. The molecule has 0 aliphatic carbocycles. The number of nitrogens with one attached hydrogen (secondary N) is 1. The van der Waals surface area contributed by atoms with E-state index in [1.807, 2.05) is 0 Å². The standard InChI is InChI=1S/C12H19F2NO3Si/c1-16-19(17-2,18-3)8-4-7-15-12-6-5-10(13)9-11(12)14/h5-6,9,15H,4,7-8H2,1-3H3. The van der Waals surface area contributed by atoms with Crippen molar-refractivity contribution in [1.82, 2.24) is 0 Å². The second kappa shape index (κ2) is 7.54. The number of hydrogen-bond acceptors (Lipinski definition) is 4. The van der Waals surface area contributed by atoms with Gasteiger partial charge in [0.1, 0.15) is 11.6 Å². The van der Waals surface area contributed by atoms with Crippen LogP contribution in [-0.4, -0.2) is 36.7 Å². The van der Waals surface area contributed by atoms with Crippen molar-refractivity contribution in [3.05, 3.63) is 29.8 Å². The van der Waals surface area contributed by atoms with E-state index in [0.717, 1.165) is 6.07 Å². The predicted octanol–water partition coefficient (Wildman–Crippen LogP) is 2.64. The van der Waals surface area contributed by atoms with Crippen molar-refractivity contribution in [2.24, 2.45) is 0 Å². The molecule has 1 aromatic carbocycles. The lowest BCUT2D eigenvalue weighted by atomic mass is 10.3. The normalized spacial score (nSPS) is 11.6. The van der Waals surface area contributed by atoms with Gasteiger partial charge >= 0.3 is 8.80 Å². The van der Waals surface area contributed by atoms with Gasteiger partial charge in [0, 0.05) is 40.0 Å². The minimum Gasteiger partial charge on any atom is -0.383 e. The molecule has 108 valence electrons. The van der Waals surface area contributed by atoms with Crippen LogP contribution in [0.3, 0.4) is 0 Å². The summed E-state index contributed by atoms with van der Waals surface area (Å²) in [5.41, 5.74) is 0.279. The molecule has 0 amide bonds. The third-order valence-electron chi connectivity index (χ3n) is 2.84. The molecule has 0 aromatic heterocycles. The van der Waals surface area contributed by atoms with Gasteiger partial charge in [-0.15, -0.1) is 0 Å². The predicted molar refractivity (Wildman–Crippen MR) is 71.1 cm³/mol. The molecule has 0 atom stereocenters. The molecular weight excluding hydrogens is 272 g/mol. The van der Waals surface area contributed by atoms with Crippen molar-refractivity contribution in [2.45, 2.75) is 12.5 Å². The lowest BCUT2D eigenvalue weighted by molar-refractivity contribution is 0.123. The largest absolute Gasteiger partial charge is 0.500 e. The third-order valence-corrected chi connectivity index (χ3v) is 5.67. The van der Waals surface area contributed by atoms with Crippen molar-refractivity contribution < 1.29 is 22.1 Å². The molecule has 0 heterocycles. The molecule has 0 spiro atoms. The number of anilines is 1. The second-order valence-electron chi connectivity index (χ2n) is 3.95. The Hall–Kier alpha value is -1.02. The second-order valence-corrected chi connectivity index (χ2v) is 7.04. The zero-order valence-corrected chi connectivity index (χ0v) is 12.3. The molecule has 0 aliphatic rings. The highest BCUT2D eigenvalue weighted by Gasteiger charge is 2.36. The van der Waals surface area contributed by atoms with Gasteiger partial charge in [-0.3, -0.25) is 0 Å². The van der Waals surface area contributed by atoms with E-state index in [4.69, 9.17) is 13.3 Å². The van der Waals surface area contributed by atoms with E-state index < -0.39 is 20.4 Å². The van der Waals surface area contributed by atoms with Crippen LogP contribution in [-0.2, 0) is 13.3 Å². The molecular formula is C12H19F2NO3Si. The van der Waals surface area contributed by atoms with E-state index >= 15 is 0 Å². The maximum Gasteiger partial charge on any atom is 0.500 e. The molecule has 4 nitrogen and oxygen atoms in total. The zero-order chi connectivity index (χ0) is 14.3. The van der Waals surface area contributed by atoms with Crippen LogP contribution in [0.25, 0.3) is 0 Å². The van der Waals surface area contributed by atoms with Crippen LogP contribution in [0.2, 0.25) is 6.04 Å². The third kappa shape index (κ3) is 4.54. The molecule has 0 bridgehead atoms. The molecule has 0 aliphatic heterocycles. The fraction of sp³-hybridized carbons (Fsp3) is 0.500. The monoisotopic (exact) mass is 291 g/mol. The van der Waals surface area contributed by atoms with Crippen molar-refractivity contribution >= 4 is 14.5 Å². The highest BCUT2D eigenvalue weighted by Crippen LogP contribution is 2.17. The minimum atomic E-state index is -2.57. The first kappa shape index (κ1) is 16.0. The van der Waals surface area contributed by atoms with Crippen LogP contribution in [0.1, 0.15) is 6.42 Å². The van der Waals surface area contributed by atoms with Gasteiger partial charge < -0.3 is 18.6 Å². The van der Waals surface area contributed by atoms with Crippen LogP contribution in [0.4, 0.5) is 14.5 Å². The van der Waals surface area contributed by atoms with Crippen LogP contribution >= 0.6 is 0 Å². The first-order valence-electron chi connectivity index (χ1n) is 5.91. The van der Waals surface area contributed by atoms with Crippen LogP contribution < -0.4 is 5.32 Å². The van der Waals surface area contributed by atoms with Gasteiger partial charge in [0.15, 0.2) is 0 Å². The molecule has 1 aromatic rings. The van der Waals surface area contributed by atoms with Crippen LogP contribution in [0, 0.1) is 11.6 Å². The summed E-state index contributed by atoms with van der Waals surface area (Å²) >= 11 is 0. The molecule has 0 unspecified atom stereocenters. The molecule has 0 saturated heterocycles. The van der Waals surface area contributed by atoms with Crippen molar-refractivity contribution in [3.8, 4) is 0 Å². The van der Waals surface area contributed by atoms with Gasteiger partial charge in [-0.1, -0.05) is 0 Å². The SMILES string of the molecule is CO[Si](CCCNc1ccc(F)cc1F)(OC)OC.